The number of imidazole rings is 1. The summed E-state index contributed by atoms with van der Waals surface area (Å²) < 4.78 is 41.7. The molecule has 7 nitrogen and oxygen atoms in total. The van der Waals surface area contributed by atoms with E-state index in [9.17, 15) is 13.2 Å². The number of hydrogen-bond donors (Lipinski definition) is 0. The summed E-state index contributed by atoms with van der Waals surface area (Å²) in [4.78, 5) is 14.5. The largest absolute Gasteiger partial charge is 0.491 e. The first-order chi connectivity index (χ1) is 22.7. The van der Waals surface area contributed by atoms with Crippen molar-refractivity contribution in [3.05, 3.63) is 102 Å². The van der Waals surface area contributed by atoms with Crippen molar-refractivity contribution in [2.24, 2.45) is 7.05 Å². The van der Waals surface area contributed by atoms with E-state index in [0.717, 1.165) is 64.7 Å². The second kappa shape index (κ2) is 18.0. The van der Waals surface area contributed by atoms with Crippen LogP contribution in [0, 0.1) is 0 Å². The fourth-order valence-corrected chi connectivity index (χ4v) is 7.32. The van der Waals surface area contributed by atoms with Gasteiger partial charge in [0.25, 0.3) is 5.82 Å². The number of aromatic nitrogens is 2. The maximum atomic E-state index is 13.2. The zero-order valence-corrected chi connectivity index (χ0v) is 29.8. The van der Waals surface area contributed by atoms with Gasteiger partial charge in [0.05, 0.1) is 41.8 Å². The van der Waals surface area contributed by atoms with Gasteiger partial charge in [0, 0.05) is 28.1 Å². The van der Waals surface area contributed by atoms with Crippen LogP contribution in [0.25, 0.3) is 17.2 Å². The third-order valence-electron chi connectivity index (χ3n) is 7.80. The van der Waals surface area contributed by atoms with Crippen molar-refractivity contribution in [1.29, 1.82) is 0 Å². The standard InChI is InChI=1S/C38H47N2O5S2/c1-6-8-23-44-24-25-45-35-16-12-31(13-17-35)32-14-20-37(47(43)29(3)4)33(27-32)11-15-34(41)26-30-9-18-36(19-10-30)46(42)28-38-39(5)21-22-40(38)7-2/h9-22,27,29H,6-8,23-26,28H2,1-5H3/q+1/b15-11+. The molecular formula is C38H47N2O5S2+. The fraction of sp³-hybridized carbons (Fsp3) is 0.368. The number of aryl methyl sites for hydroxylation is 2. The molecule has 2 unspecified atom stereocenters. The number of ether oxygens (including phenoxy) is 2. The Kier molecular flexibility index (Phi) is 13.9. The van der Waals surface area contributed by atoms with Crippen molar-refractivity contribution in [3.63, 3.8) is 0 Å². The predicted octanol–water partition coefficient (Wildman–Crippen LogP) is 6.84. The molecule has 4 rings (SSSR count). The molecule has 0 bridgehead atoms. The molecule has 250 valence electrons. The highest BCUT2D eigenvalue weighted by atomic mass is 32.2. The number of nitrogens with zero attached hydrogens (tertiary/aromatic N) is 2. The van der Waals surface area contributed by atoms with Crippen LogP contribution >= 0.6 is 0 Å². The van der Waals surface area contributed by atoms with Crippen LogP contribution in [-0.2, 0) is 56.9 Å². The van der Waals surface area contributed by atoms with Gasteiger partial charge in [0.15, 0.2) is 5.78 Å². The normalized spacial score (nSPS) is 12.9. The van der Waals surface area contributed by atoms with Crippen molar-refractivity contribution in [2.45, 2.75) is 74.3 Å². The Labute approximate surface area is 284 Å². The van der Waals surface area contributed by atoms with Crippen molar-refractivity contribution >= 4 is 33.5 Å². The van der Waals surface area contributed by atoms with Crippen LogP contribution in [0.15, 0.2) is 95.0 Å². The Morgan fingerprint density at radius 2 is 1.66 bits per heavy atom. The summed E-state index contributed by atoms with van der Waals surface area (Å²) in [5.74, 6) is 2.13. The molecule has 3 aromatic carbocycles. The second-order valence-electron chi connectivity index (χ2n) is 11.7. The molecule has 9 heteroatoms. The zero-order chi connectivity index (χ0) is 33.8. The molecule has 0 saturated heterocycles. The second-order valence-corrected chi connectivity index (χ2v) is 15.1. The number of ketones is 1. The highest BCUT2D eigenvalue weighted by Gasteiger charge is 2.18. The molecule has 0 spiro atoms. The topological polar surface area (TPSA) is 78.5 Å². The van der Waals surface area contributed by atoms with Gasteiger partial charge in [0.1, 0.15) is 30.5 Å². The van der Waals surface area contributed by atoms with Crippen LogP contribution in [0.4, 0.5) is 0 Å². The number of benzene rings is 3. The first-order valence-corrected chi connectivity index (χ1v) is 18.8. The van der Waals surface area contributed by atoms with E-state index < -0.39 is 21.6 Å². The number of carbonyl (C=O) groups excluding carboxylic acids is 1. The van der Waals surface area contributed by atoms with Crippen molar-refractivity contribution in [1.82, 2.24) is 4.57 Å². The lowest BCUT2D eigenvalue weighted by Gasteiger charge is -2.12. The smallest absolute Gasteiger partial charge is 0.269 e. The Bertz CT molecular complexity index is 1690. The minimum absolute atomic E-state index is 0.0658. The molecule has 0 fully saturated rings. The van der Waals surface area contributed by atoms with E-state index in [1.807, 2.05) is 105 Å². The molecule has 47 heavy (non-hydrogen) atoms. The summed E-state index contributed by atoms with van der Waals surface area (Å²) in [6.45, 7) is 10.7. The SMILES string of the molecule is CCCCOCCOc1ccc(-c2ccc(S(=O)C(C)C)c(/C=C/C(=O)Cc3ccc(S(=O)Cc4n(CC)cc[n+]4C)cc3)c2)cc1. The Balaban J connectivity index is 1.42. The van der Waals surface area contributed by atoms with E-state index in [2.05, 4.69) is 18.4 Å². The highest BCUT2D eigenvalue weighted by molar-refractivity contribution is 7.85. The van der Waals surface area contributed by atoms with Crippen molar-refractivity contribution < 1.29 is 27.3 Å². The summed E-state index contributed by atoms with van der Waals surface area (Å²) in [6.07, 6.45) is 9.67. The van der Waals surface area contributed by atoms with E-state index >= 15 is 0 Å². The molecule has 4 aromatic rings. The Morgan fingerprint density at radius 3 is 2.34 bits per heavy atom. The first kappa shape index (κ1) is 36.2. The van der Waals surface area contributed by atoms with Gasteiger partial charge in [0.2, 0.25) is 0 Å². The molecule has 1 heterocycles. The van der Waals surface area contributed by atoms with Gasteiger partial charge in [-0.2, -0.15) is 0 Å². The van der Waals surface area contributed by atoms with Gasteiger partial charge in [-0.15, -0.1) is 0 Å². The summed E-state index contributed by atoms with van der Waals surface area (Å²) in [6, 6.07) is 21.1. The average Bonchev–Trinajstić information content (AvgIpc) is 3.43. The van der Waals surface area contributed by atoms with Crippen LogP contribution in [0.1, 0.15) is 57.5 Å². The molecule has 0 radical (unpaired) electrons. The van der Waals surface area contributed by atoms with Crippen molar-refractivity contribution in [2.75, 3.05) is 19.8 Å². The minimum atomic E-state index is -1.22. The van der Waals surface area contributed by atoms with Gasteiger partial charge in [-0.3, -0.25) is 13.2 Å². The summed E-state index contributed by atoms with van der Waals surface area (Å²) in [7, 11) is -0.465. The van der Waals surface area contributed by atoms with E-state index in [4.69, 9.17) is 9.47 Å². The molecule has 0 N–H and O–H groups in total. The molecule has 0 aliphatic rings. The lowest BCUT2D eigenvalue weighted by Crippen LogP contribution is -2.32. The fourth-order valence-electron chi connectivity index (χ4n) is 5.04. The van der Waals surface area contributed by atoms with Crippen LogP contribution in [0.5, 0.6) is 5.75 Å². The Morgan fingerprint density at radius 1 is 0.936 bits per heavy atom. The molecule has 1 aromatic heterocycles. The lowest BCUT2D eigenvalue weighted by molar-refractivity contribution is -0.677. The van der Waals surface area contributed by atoms with E-state index in [0.29, 0.717) is 23.9 Å². The van der Waals surface area contributed by atoms with E-state index in [1.54, 1.807) is 12.2 Å². The number of unbranched alkanes of at least 4 members (excludes halogenated alkanes) is 1. The third kappa shape index (κ3) is 10.4. The predicted molar refractivity (Wildman–Crippen MR) is 190 cm³/mol. The number of carbonyl (C=O) groups is 1. The Hall–Kier alpha value is -3.66. The molecule has 0 aliphatic heterocycles. The van der Waals surface area contributed by atoms with Gasteiger partial charge < -0.3 is 9.47 Å². The number of allylic oxidation sites excluding steroid dienone is 1. The van der Waals surface area contributed by atoms with Crippen LogP contribution < -0.4 is 9.30 Å². The minimum Gasteiger partial charge on any atom is -0.491 e. The molecule has 0 amide bonds. The van der Waals surface area contributed by atoms with E-state index in [1.165, 1.54) is 0 Å². The van der Waals surface area contributed by atoms with Crippen LogP contribution in [-0.4, -0.2) is 43.8 Å². The zero-order valence-electron chi connectivity index (χ0n) is 28.1. The van der Waals surface area contributed by atoms with Gasteiger partial charge in [-0.1, -0.05) is 63.6 Å². The molecule has 2 atom stereocenters. The lowest BCUT2D eigenvalue weighted by atomic mass is 10.0. The van der Waals surface area contributed by atoms with Gasteiger partial charge in [-0.05, 0) is 78.1 Å². The molecular weight excluding hydrogens is 629 g/mol. The summed E-state index contributed by atoms with van der Waals surface area (Å²) >= 11 is 0. The third-order valence-corrected chi connectivity index (χ3v) is 10.8. The summed E-state index contributed by atoms with van der Waals surface area (Å²) in [5.41, 5.74) is 3.55. The molecule has 0 saturated carbocycles. The number of hydrogen-bond acceptors (Lipinski definition) is 5. The quantitative estimate of drug-likeness (QED) is 0.0656. The van der Waals surface area contributed by atoms with Crippen LogP contribution in [0.3, 0.4) is 0 Å². The first-order valence-electron chi connectivity index (χ1n) is 16.3. The maximum Gasteiger partial charge on any atom is 0.269 e. The van der Waals surface area contributed by atoms with E-state index in [-0.39, 0.29) is 17.5 Å². The monoisotopic (exact) mass is 675 g/mol. The number of rotatable bonds is 18. The highest BCUT2D eigenvalue weighted by Crippen LogP contribution is 2.28. The van der Waals surface area contributed by atoms with Gasteiger partial charge >= 0.3 is 0 Å². The van der Waals surface area contributed by atoms with Gasteiger partial charge in [-0.25, -0.2) is 9.13 Å². The maximum absolute atomic E-state index is 13.2. The summed E-state index contributed by atoms with van der Waals surface area (Å²) in [5, 5.41) is -0.0658. The molecule has 0 aliphatic carbocycles. The van der Waals surface area contributed by atoms with Crippen molar-refractivity contribution in [3.8, 4) is 16.9 Å². The van der Waals surface area contributed by atoms with Crippen LogP contribution in [0.2, 0.25) is 0 Å². The average molecular weight is 676 g/mol.